The van der Waals surface area contributed by atoms with Crippen LogP contribution in [0.5, 0.6) is 11.5 Å². The quantitative estimate of drug-likeness (QED) is 0.201. The molecule has 46 heavy (non-hydrogen) atoms. The predicted molar refractivity (Wildman–Crippen MR) is 192 cm³/mol. The lowest BCUT2D eigenvalue weighted by molar-refractivity contribution is 0.487. The van der Waals surface area contributed by atoms with Crippen LogP contribution in [0.15, 0.2) is 164 Å². The normalized spacial score (nSPS) is 12.1. The van der Waals surface area contributed by atoms with E-state index in [-0.39, 0.29) is 0 Å². The summed E-state index contributed by atoms with van der Waals surface area (Å²) in [6.07, 6.45) is 0. The van der Waals surface area contributed by atoms with Gasteiger partial charge in [0.2, 0.25) is 0 Å². The van der Waals surface area contributed by atoms with Crippen molar-refractivity contribution in [1.82, 2.24) is 4.57 Å². The molecule has 0 aliphatic carbocycles. The molecule has 0 fully saturated rings. The minimum absolute atomic E-state index is 0.903. The number of hydrogen-bond acceptors (Lipinski definition) is 1. The number of aromatic nitrogens is 1. The SMILES string of the molecule is c1ccc(-n2c3ccccc3c3cc4cc(-c5cccc(-c6ccc7c(c6)-c6cccc8cccc(c68)O7)c5)ccc4cc32)cc1. The van der Waals surface area contributed by atoms with Gasteiger partial charge in [0.15, 0.2) is 0 Å². The van der Waals surface area contributed by atoms with Gasteiger partial charge in [0.1, 0.15) is 11.5 Å². The van der Waals surface area contributed by atoms with E-state index in [1.54, 1.807) is 0 Å². The number of para-hydroxylation sites is 2. The maximum atomic E-state index is 6.36. The lowest BCUT2D eigenvalue weighted by atomic mass is 9.91. The first-order valence-electron chi connectivity index (χ1n) is 15.8. The summed E-state index contributed by atoms with van der Waals surface area (Å²) in [6, 6.07) is 59.1. The fraction of sp³-hybridized carbons (Fsp3) is 0. The molecule has 0 atom stereocenters. The van der Waals surface area contributed by atoms with Crippen molar-refractivity contribution >= 4 is 43.4 Å². The average molecular weight is 586 g/mol. The Morgan fingerprint density at radius 1 is 0.370 bits per heavy atom. The lowest BCUT2D eigenvalue weighted by Crippen LogP contribution is -1.97. The first-order chi connectivity index (χ1) is 22.8. The molecular weight excluding hydrogens is 558 g/mol. The number of benzene rings is 8. The second kappa shape index (κ2) is 9.69. The maximum Gasteiger partial charge on any atom is 0.135 e. The molecular formula is C44H27NO. The molecule has 2 heteroatoms. The van der Waals surface area contributed by atoms with E-state index >= 15 is 0 Å². The minimum atomic E-state index is 0.903. The Hall–Kier alpha value is -6.12. The highest BCUT2D eigenvalue weighted by Gasteiger charge is 2.20. The molecule has 0 saturated heterocycles. The summed E-state index contributed by atoms with van der Waals surface area (Å²) in [5.41, 5.74) is 10.8. The molecule has 0 amide bonds. The van der Waals surface area contributed by atoms with Gasteiger partial charge >= 0.3 is 0 Å². The standard InChI is InChI=1S/C44H27NO/c1-2-13-35(14-3-1)45-40-17-5-4-15-36(40)38-26-34-24-31(19-20-33(34)27-41(38)45)29-11-6-12-30(23-29)32-21-22-42-39(25-32)37-16-7-9-28-10-8-18-43(46-42)44(28)37/h1-27H. The first-order valence-corrected chi connectivity index (χ1v) is 15.8. The van der Waals surface area contributed by atoms with Gasteiger partial charge in [0.05, 0.1) is 11.0 Å². The van der Waals surface area contributed by atoms with Crippen LogP contribution in [0.3, 0.4) is 0 Å². The van der Waals surface area contributed by atoms with Crippen molar-refractivity contribution < 1.29 is 4.74 Å². The Labute approximate surface area is 266 Å². The minimum Gasteiger partial charge on any atom is -0.456 e. The molecule has 0 radical (unpaired) electrons. The van der Waals surface area contributed by atoms with E-state index < -0.39 is 0 Å². The molecule has 0 saturated carbocycles. The van der Waals surface area contributed by atoms with Gasteiger partial charge in [0.25, 0.3) is 0 Å². The zero-order chi connectivity index (χ0) is 30.2. The van der Waals surface area contributed by atoms with E-state index in [1.165, 1.54) is 76.9 Å². The second-order valence-electron chi connectivity index (χ2n) is 12.2. The van der Waals surface area contributed by atoms with E-state index in [9.17, 15) is 0 Å². The van der Waals surface area contributed by atoms with Crippen LogP contribution in [0.25, 0.3) is 82.4 Å². The summed E-state index contributed by atoms with van der Waals surface area (Å²) in [5, 5.41) is 7.39. The van der Waals surface area contributed by atoms with Gasteiger partial charge in [-0.2, -0.15) is 0 Å². The van der Waals surface area contributed by atoms with E-state index in [4.69, 9.17) is 4.74 Å². The highest BCUT2D eigenvalue weighted by Crippen LogP contribution is 2.47. The summed E-state index contributed by atoms with van der Waals surface area (Å²) in [6.45, 7) is 0. The van der Waals surface area contributed by atoms with Crippen molar-refractivity contribution in [3.63, 3.8) is 0 Å². The first kappa shape index (κ1) is 25.2. The molecule has 10 rings (SSSR count). The van der Waals surface area contributed by atoms with Crippen LogP contribution in [0.2, 0.25) is 0 Å². The molecule has 1 aromatic heterocycles. The van der Waals surface area contributed by atoms with Crippen LogP contribution in [-0.4, -0.2) is 4.57 Å². The van der Waals surface area contributed by atoms with Crippen molar-refractivity contribution in [3.05, 3.63) is 164 Å². The van der Waals surface area contributed by atoms with Crippen LogP contribution in [0.4, 0.5) is 0 Å². The monoisotopic (exact) mass is 585 g/mol. The molecule has 1 aliphatic rings. The summed E-state index contributed by atoms with van der Waals surface area (Å²) < 4.78 is 8.74. The van der Waals surface area contributed by atoms with Gasteiger partial charge in [-0.05, 0) is 105 Å². The van der Waals surface area contributed by atoms with Gasteiger partial charge < -0.3 is 9.30 Å². The van der Waals surface area contributed by atoms with Gasteiger partial charge in [-0.3, -0.25) is 0 Å². The van der Waals surface area contributed by atoms with Crippen LogP contribution in [0, 0.1) is 0 Å². The Morgan fingerprint density at radius 2 is 1.11 bits per heavy atom. The smallest absolute Gasteiger partial charge is 0.135 e. The number of rotatable bonds is 3. The average Bonchev–Trinajstić information content (AvgIpc) is 3.44. The summed E-state index contributed by atoms with van der Waals surface area (Å²) in [5.74, 6) is 1.83. The number of hydrogen-bond donors (Lipinski definition) is 0. The summed E-state index contributed by atoms with van der Waals surface area (Å²) in [7, 11) is 0. The molecule has 0 unspecified atom stereocenters. The van der Waals surface area contributed by atoms with Crippen LogP contribution in [-0.2, 0) is 0 Å². The van der Waals surface area contributed by atoms with E-state index in [1.807, 2.05) is 0 Å². The largest absolute Gasteiger partial charge is 0.456 e. The zero-order valence-corrected chi connectivity index (χ0v) is 24.9. The third kappa shape index (κ3) is 3.77. The Bertz CT molecular complexity index is 2660. The topological polar surface area (TPSA) is 14.2 Å². The third-order valence-electron chi connectivity index (χ3n) is 9.53. The molecule has 2 nitrogen and oxygen atoms in total. The molecule has 1 aliphatic heterocycles. The van der Waals surface area contributed by atoms with Crippen LogP contribution >= 0.6 is 0 Å². The van der Waals surface area contributed by atoms with Crippen LogP contribution in [0.1, 0.15) is 0 Å². The highest BCUT2D eigenvalue weighted by molar-refractivity contribution is 6.14. The van der Waals surface area contributed by atoms with Gasteiger partial charge in [-0.25, -0.2) is 0 Å². The third-order valence-corrected chi connectivity index (χ3v) is 9.53. The zero-order valence-electron chi connectivity index (χ0n) is 24.9. The van der Waals surface area contributed by atoms with E-state index in [0.717, 1.165) is 17.1 Å². The Balaban J connectivity index is 1.08. The molecule has 214 valence electrons. The van der Waals surface area contributed by atoms with Crippen molar-refractivity contribution in [3.8, 4) is 50.6 Å². The Morgan fingerprint density at radius 3 is 2.00 bits per heavy atom. The van der Waals surface area contributed by atoms with Crippen LogP contribution < -0.4 is 4.74 Å². The van der Waals surface area contributed by atoms with E-state index in [2.05, 4.69) is 168 Å². The van der Waals surface area contributed by atoms with Crippen molar-refractivity contribution in [2.45, 2.75) is 0 Å². The summed E-state index contributed by atoms with van der Waals surface area (Å²) >= 11 is 0. The molecule has 8 aromatic carbocycles. The second-order valence-corrected chi connectivity index (χ2v) is 12.2. The van der Waals surface area contributed by atoms with Crippen molar-refractivity contribution in [2.24, 2.45) is 0 Å². The predicted octanol–water partition coefficient (Wildman–Crippen LogP) is 12.2. The number of ether oxygens (including phenoxy) is 1. The van der Waals surface area contributed by atoms with Gasteiger partial charge in [-0.1, -0.05) is 103 Å². The fourth-order valence-corrected chi connectivity index (χ4v) is 7.37. The lowest BCUT2D eigenvalue weighted by Gasteiger charge is -2.22. The molecule has 9 aromatic rings. The summed E-state index contributed by atoms with van der Waals surface area (Å²) in [4.78, 5) is 0. The Kier molecular flexibility index (Phi) is 5.31. The molecule has 0 bridgehead atoms. The molecule has 0 spiro atoms. The van der Waals surface area contributed by atoms with Gasteiger partial charge in [-0.15, -0.1) is 0 Å². The van der Waals surface area contributed by atoms with Crippen molar-refractivity contribution in [1.29, 1.82) is 0 Å². The van der Waals surface area contributed by atoms with Crippen molar-refractivity contribution in [2.75, 3.05) is 0 Å². The number of fused-ring (bicyclic) bond motifs is 6. The van der Waals surface area contributed by atoms with Gasteiger partial charge in [0, 0.05) is 27.4 Å². The fourth-order valence-electron chi connectivity index (χ4n) is 7.37. The highest BCUT2D eigenvalue weighted by atomic mass is 16.5. The number of nitrogens with zero attached hydrogens (tertiary/aromatic N) is 1. The molecule has 0 N–H and O–H groups in total. The maximum absolute atomic E-state index is 6.36. The van der Waals surface area contributed by atoms with E-state index in [0.29, 0.717) is 0 Å². The molecule has 2 heterocycles.